The molecular weight excluding hydrogens is 232 g/mol. The lowest BCUT2D eigenvalue weighted by Crippen LogP contribution is -2.50. The molecule has 2 rings (SSSR count). The second-order valence-electron chi connectivity index (χ2n) is 5.23. The van der Waals surface area contributed by atoms with Gasteiger partial charge in [0.05, 0.1) is 12.5 Å². The summed E-state index contributed by atoms with van der Waals surface area (Å²) in [5, 5.41) is 12.1. The van der Waals surface area contributed by atoms with Crippen LogP contribution in [-0.4, -0.2) is 41.6 Å². The van der Waals surface area contributed by atoms with Crippen molar-refractivity contribution < 1.29 is 14.7 Å². The van der Waals surface area contributed by atoms with Crippen LogP contribution in [0.3, 0.4) is 0 Å². The summed E-state index contributed by atoms with van der Waals surface area (Å²) >= 11 is 0. The van der Waals surface area contributed by atoms with E-state index in [1.54, 1.807) is 7.05 Å². The summed E-state index contributed by atoms with van der Waals surface area (Å²) in [5.74, 6) is 1.68. The van der Waals surface area contributed by atoms with E-state index in [0.717, 1.165) is 19.3 Å². The van der Waals surface area contributed by atoms with Gasteiger partial charge in [0.2, 0.25) is 0 Å². The van der Waals surface area contributed by atoms with Crippen molar-refractivity contribution in [1.82, 2.24) is 10.2 Å². The van der Waals surface area contributed by atoms with Crippen molar-refractivity contribution in [3.63, 3.8) is 0 Å². The van der Waals surface area contributed by atoms with E-state index in [1.807, 2.05) is 0 Å². The van der Waals surface area contributed by atoms with Crippen LogP contribution in [0.4, 0.5) is 4.79 Å². The van der Waals surface area contributed by atoms with Gasteiger partial charge in [0, 0.05) is 13.1 Å². The van der Waals surface area contributed by atoms with Crippen molar-refractivity contribution in [3.8, 4) is 12.3 Å². The molecule has 0 spiro atoms. The lowest BCUT2D eigenvalue weighted by molar-refractivity contribution is -0.144. The molecule has 4 unspecified atom stereocenters. The molecule has 98 valence electrons. The molecule has 0 aromatic heterocycles. The number of aliphatic carboxylic acids is 1. The van der Waals surface area contributed by atoms with Gasteiger partial charge in [0.15, 0.2) is 0 Å². The zero-order chi connectivity index (χ0) is 13.3. The van der Waals surface area contributed by atoms with Crippen LogP contribution in [0.15, 0.2) is 0 Å². The van der Waals surface area contributed by atoms with E-state index in [4.69, 9.17) is 6.42 Å². The number of rotatable bonds is 3. The quantitative estimate of drug-likeness (QED) is 0.727. The molecule has 0 aromatic rings. The zero-order valence-corrected chi connectivity index (χ0v) is 10.4. The van der Waals surface area contributed by atoms with Crippen molar-refractivity contribution in [3.05, 3.63) is 0 Å². The van der Waals surface area contributed by atoms with Crippen LogP contribution in [0, 0.1) is 30.1 Å². The first kappa shape index (κ1) is 12.7. The minimum atomic E-state index is -0.799. The number of carbonyl (C=O) groups excluding carboxylic acids is 1. The molecule has 2 bridgehead atoms. The zero-order valence-electron chi connectivity index (χ0n) is 10.4. The first-order valence-corrected chi connectivity index (χ1v) is 6.22. The van der Waals surface area contributed by atoms with E-state index < -0.39 is 11.9 Å². The molecule has 2 amide bonds. The smallest absolute Gasteiger partial charge is 0.318 e. The molecule has 0 saturated heterocycles. The fraction of sp³-hybridized carbons (Fsp3) is 0.692. The number of fused-ring (bicyclic) bond motifs is 2. The highest BCUT2D eigenvalue weighted by Crippen LogP contribution is 2.48. The third-order valence-corrected chi connectivity index (χ3v) is 4.17. The summed E-state index contributed by atoms with van der Waals surface area (Å²) in [5.41, 5.74) is 0. The molecule has 0 heterocycles. The molecule has 5 heteroatoms. The minimum Gasteiger partial charge on any atom is -0.481 e. The highest BCUT2D eigenvalue weighted by atomic mass is 16.4. The van der Waals surface area contributed by atoms with Crippen molar-refractivity contribution >= 4 is 12.0 Å². The van der Waals surface area contributed by atoms with Crippen LogP contribution < -0.4 is 5.32 Å². The SMILES string of the molecule is C#CCN(C)C(=O)NC1C2CCC(C2)C1C(=O)O. The van der Waals surface area contributed by atoms with Crippen molar-refractivity contribution in [2.24, 2.45) is 17.8 Å². The molecule has 2 fully saturated rings. The number of nitrogens with zero attached hydrogens (tertiary/aromatic N) is 1. The summed E-state index contributed by atoms with van der Waals surface area (Å²) in [4.78, 5) is 24.5. The molecule has 0 aromatic carbocycles. The third-order valence-electron chi connectivity index (χ3n) is 4.17. The Labute approximate surface area is 107 Å². The lowest BCUT2D eigenvalue weighted by Gasteiger charge is -2.30. The van der Waals surface area contributed by atoms with E-state index in [-0.39, 0.29) is 24.5 Å². The average Bonchev–Trinajstić information content (AvgIpc) is 2.89. The number of terminal acetylenes is 1. The number of carboxylic acids is 1. The van der Waals surface area contributed by atoms with Gasteiger partial charge in [-0.15, -0.1) is 6.42 Å². The van der Waals surface area contributed by atoms with Gasteiger partial charge in [0.1, 0.15) is 0 Å². The molecule has 2 aliphatic carbocycles. The monoisotopic (exact) mass is 250 g/mol. The molecular formula is C13H18N2O3. The van der Waals surface area contributed by atoms with Gasteiger partial charge in [-0.3, -0.25) is 4.79 Å². The minimum absolute atomic E-state index is 0.218. The molecule has 18 heavy (non-hydrogen) atoms. The first-order chi connectivity index (χ1) is 8.54. The second-order valence-corrected chi connectivity index (χ2v) is 5.23. The van der Waals surface area contributed by atoms with E-state index in [0.29, 0.717) is 5.92 Å². The van der Waals surface area contributed by atoms with Crippen LogP contribution in [0.25, 0.3) is 0 Å². The maximum atomic E-state index is 11.9. The van der Waals surface area contributed by atoms with Gasteiger partial charge in [-0.05, 0) is 31.1 Å². The Hall–Kier alpha value is -1.70. The summed E-state index contributed by atoms with van der Waals surface area (Å²) in [6.45, 7) is 0.227. The van der Waals surface area contributed by atoms with E-state index in [2.05, 4.69) is 11.2 Å². The number of hydrogen-bond donors (Lipinski definition) is 2. The molecule has 0 aliphatic heterocycles. The summed E-state index contributed by atoms with van der Waals surface area (Å²) in [7, 11) is 1.61. The molecule has 2 saturated carbocycles. The molecule has 0 radical (unpaired) electrons. The molecule has 2 aliphatic rings. The Kier molecular flexibility index (Phi) is 3.46. The van der Waals surface area contributed by atoms with Crippen LogP contribution in [0.5, 0.6) is 0 Å². The Morgan fingerprint density at radius 1 is 1.44 bits per heavy atom. The number of amides is 2. The topological polar surface area (TPSA) is 69.6 Å². The molecule has 5 nitrogen and oxygen atoms in total. The Balaban J connectivity index is 2.02. The van der Waals surface area contributed by atoms with Crippen molar-refractivity contribution in [2.75, 3.05) is 13.6 Å². The fourth-order valence-corrected chi connectivity index (χ4v) is 3.32. The summed E-state index contributed by atoms with van der Waals surface area (Å²) in [6.07, 6.45) is 8.04. The molecule has 4 atom stereocenters. The van der Waals surface area contributed by atoms with Gasteiger partial charge in [-0.1, -0.05) is 5.92 Å². The predicted molar refractivity (Wildman–Crippen MR) is 65.7 cm³/mol. The highest BCUT2D eigenvalue weighted by molar-refractivity contribution is 5.77. The van der Waals surface area contributed by atoms with Crippen LogP contribution >= 0.6 is 0 Å². The van der Waals surface area contributed by atoms with Gasteiger partial charge >= 0.3 is 12.0 Å². The van der Waals surface area contributed by atoms with Crippen LogP contribution in [0.2, 0.25) is 0 Å². The third kappa shape index (κ3) is 2.15. The number of carbonyl (C=O) groups is 2. The van der Waals surface area contributed by atoms with Gasteiger partial charge in [0.25, 0.3) is 0 Å². The molecule has 2 N–H and O–H groups in total. The number of hydrogen-bond acceptors (Lipinski definition) is 2. The van der Waals surface area contributed by atoms with Crippen molar-refractivity contribution in [1.29, 1.82) is 0 Å². The Morgan fingerprint density at radius 2 is 2.11 bits per heavy atom. The van der Waals surface area contributed by atoms with Crippen molar-refractivity contribution in [2.45, 2.75) is 25.3 Å². The maximum absolute atomic E-state index is 11.9. The van der Waals surface area contributed by atoms with E-state index in [9.17, 15) is 14.7 Å². The maximum Gasteiger partial charge on any atom is 0.318 e. The number of urea groups is 1. The Bertz CT molecular complexity index is 402. The van der Waals surface area contributed by atoms with Crippen LogP contribution in [-0.2, 0) is 4.79 Å². The van der Waals surface area contributed by atoms with Gasteiger partial charge in [-0.2, -0.15) is 0 Å². The van der Waals surface area contributed by atoms with Gasteiger partial charge in [-0.25, -0.2) is 4.79 Å². The normalized spacial score (nSPS) is 32.9. The average molecular weight is 250 g/mol. The Morgan fingerprint density at radius 3 is 2.72 bits per heavy atom. The number of carboxylic acid groups (broad SMARTS) is 1. The standard InChI is InChI=1S/C13H18N2O3/c1-3-6-15(2)13(18)14-11-9-5-4-8(7-9)10(11)12(16)17/h1,8-11H,4-7H2,2H3,(H,14,18)(H,16,17). The fourth-order valence-electron chi connectivity index (χ4n) is 3.32. The van der Waals surface area contributed by atoms with E-state index >= 15 is 0 Å². The van der Waals surface area contributed by atoms with E-state index in [1.165, 1.54) is 4.90 Å². The van der Waals surface area contributed by atoms with Crippen LogP contribution in [0.1, 0.15) is 19.3 Å². The summed E-state index contributed by atoms with van der Waals surface area (Å²) < 4.78 is 0. The van der Waals surface area contributed by atoms with Gasteiger partial charge < -0.3 is 15.3 Å². The number of nitrogens with one attached hydrogen (secondary N) is 1. The summed E-state index contributed by atoms with van der Waals surface area (Å²) in [6, 6.07) is -0.522. The predicted octanol–water partition coefficient (Wildman–Crippen LogP) is 0.760. The first-order valence-electron chi connectivity index (χ1n) is 6.22. The largest absolute Gasteiger partial charge is 0.481 e. The highest BCUT2D eigenvalue weighted by Gasteiger charge is 2.51. The lowest BCUT2D eigenvalue weighted by atomic mass is 9.84. The second kappa shape index (κ2) is 4.89.